The van der Waals surface area contributed by atoms with Crippen molar-refractivity contribution in [1.82, 2.24) is 9.97 Å². The maximum Gasteiger partial charge on any atom is 0.160 e. The van der Waals surface area contributed by atoms with Crippen molar-refractivity contribution in [3.05, 3.63) is 170 Å². The van der Waals surface area contributed by atoms with E-state index < -0.39 is 0 Å². The van der Waals surface area contributed by atoms with E-state index in [0.717, 1.165) is 49.9 Å². The molecule has 0 radical (unpaired) electrons. The van der Waals surface area contributed by atoms with Gasteiger partial charge < -0.3 is 0 Å². The van der Waals surface area contributed by atoms with E-state index in [1.165, 1.54) is 49.7 Å². The third-order valence-electron chi connectivity index (χ3n) is 9.82. The minimum absolute atomic E-state index is 0.732. The largest absolute Gasteiger partial charge is 0.227 e. The Balaban J connectivity index is 1.15. The summed E-state index contributed by atoms with van der Waals surface area (Å²) in [4.78, 5) is 10.3. The molecule has 0 unspecified atom stereocenters. The van der Waals surface area contributed by atoms with E-state index in [1.54, 1.807) is 0 Å². The van der Waals surface area contributed by atoms with E-state index in [4.69, 9.17) is 9.97 Å². The van der Waals surface area contributed by atoms with Gasteiger partial charge in [0.1, 0.15) is 0 Å². The van der Waals surface area contributed by atoms with Gasteiger partial charge in [-0.3, -0.25) is 0 Å². The Bertz CT molecular complexity index is 2680. The third-order valence-corrected chi connectivity index (χ3v) is 9.82. The van der Waals surface area contributed by atoms with Crippen LogP contribution in [0.25, 0.3) is 99.6 Å². The number of fused-ring (bicyclic) bond motifs is 6. The average molecular weight is 609 g/mol. The Hall–Kier alpha value is -6.38. The first-order valence-electron chi connectivity index (χ1n) is 16.4. The van der Waals surface area contributed by atoms with Crippen molar-refractivity contribution in [1.29, 1.82) is 0 Å². The predicted molar refractivity (Wildman–Crippen MR) is 201 cm³/mol. The lowest BCUT2D eigenvalue weighted by Crippen LogP contribution is -1.96. The maximum absolute atomic E-state index is 5.22. The zero-order valence-corrected chi connectivity index (χ0v) is 26.1. The molecule has 0 amide bonds. The molecule has 0 atom stereocenters. The van der Waals surface area contributed by atoms with Gasteiger partial charge >= 0.3 is 0 Å². The molecule has 0 bridgehead atoms. The number of hydrogen-bond acceptors (Lipinski definition) is 2. The molecule has 1 heterocycles. The van der Waals surface area contributed by atoms with Crippen molar-refractivity contribution in [3.63, 3.8) is 0 Å². The van der Waals surface area contributed by atoms with Crippen LogP contribution in [-0.4, -0.2) is 9.97 Å². The number of rotatable bonds is 4. The monoisotopic (exact) mass is 608 g/mol. The normalized spacial score (nSPS) is 11.8. The standard InChI is InChI=1S/C46H28N2/c1-3-11-30(12-4-1)44-41-24-23-29-21-22-33(28-42(29)45(41)48-46(47-44)31-13-5-2-6-14-31)32-15-9-16-34(27-32)35-25-26-40-37-18-8-7-17-36(37)39-20-10-19-38(35)43(39)40/h1-28H. The van der Waals surface area contributed by atoms with Gasteiger partial charge in [-0.2, -0.15) is 0 Å². The van der Waals surface area contributed by atoms with Gasteiger partial charge in [-0.05, 0) is 78.9 Å². The summed E-state index contributed by atoms with van der Waals surface area (Å²) < 4.78 is 0. The summed E-state index contributed by atoms with van der Waals surface area (Å²) in [5, 5.41) is 5.97. The lowest BCUT2D eigenvalue weighted by atomic mass is 9.92. The van der Waals surface area contributed by atoms with Crippen LogP contribution in [-0.2, 0) is 0 Å². The molecule has 0 fully saturated rings. The van der Waals surface area contributed by atoms with E-state index in [-0.39, 0.29) is 0 Å². The Morgan fingerprint density at radius 1 is 0.312 bits per heavy atom. The number of nitrogens with zero attached hydrogens (tertiary/aromatic N) is 2. The van der Waals surface area contributed by atoms with Crippen LogP contribution in [0, 0.1) is 0 Å². The Kier molecular flexibility index (Phi) is 5.91. The van der Waals surface area contributed by atoms with Crippen molar-refractivity contribution in [2.75, 3.05) is 0 Å². The highest BCUT2D eigenvalue weighted by molar-refractivity contribution is 6.18. The van der Waals surface area contributed by atoms with Crippen LogP contribution in [0.15, 0.2) is 170 Å². The van der Waals surface area contributed by atoms with Gasteiger partial charge in [-0.15, -0.1) is 0 Å². The summed E-state index contributed by atoms with van der Waals surface area (Å²) in [6, 6.07) is 60.9. The maximum atomic E-state index is 5.22. The van der Waals surface area contributed by atoms with Gasteiger partial charge in [-0.25, -0.2) is 9.97 Å². The molecule has 0 aliphatic heterocycles. The van der Waals surface area contributed by atoms with Crippen molar-refractivity contribution >= 4 is 32.4 Å². The van der Waals surface area contributed by atoms with Crippen LogP contribution in [0.4, 0.5) is 0 Å². The smallest absolute Gasteiger partial charge is 0.160 e. The second-order valence-corrected chi connectivity index (χ2v) is 12.5. The van der Waals surface area contributed by atoms with Crippen molar-refractivity contribution in [2.24, 2.45) is 0 Å². The van der Waals surface area contributed by atoms with E-state index in [1.807, 2.05) is 24.3 Å². The molecule has 0 N–H and O–H groups in total. The molecule has 0 spiro atoms. The Labute approximate surface area is 278 Å². The summed E-state index contributed by atoms with van der Waals surface area (Å²) in [6.45, 7) is 0. The third kappa shape index (κ3) is 4.13. The lowest BCUT2D eigenvalue weighted by Gasteiger charge is -2.13. The van der Waals surface area contributed by atoms with Gasteiger partial charge in [0.2, 0.25) is 0 Å². The summed E-state index contributed by atoms with van der Waals surface area (Å²) in [6.07, 6.45) is 0. The first-order valence-corrected chi connectivity index (χ1v) is 16.4. The predicted octanol–water partition coefficient (Wildman–Crippen LogP) is 12.3. The van der Waals surface area contributed by atoms with Gasteiger partial charge in [0.05, 0.1) is 11.2 Å². The van der Waals surface area contributed by atoms with Gasteiger partial charge in [0.15, 0.2) is 5.82 Å². The van der Waals surface area contributed by atoms with Crippen LogP contribution in [0.3, 0.4) is 0 Å². The first kappa shape index (κ1) is 26.8. The zero-order valence-electron chi connectivity index (χ0n) is 26.1. The minimum atomic E-state index is 0.732. The Morgan fingerprint density at radius 2 is 0.917 bits per heavy atom. The molecule has 10 rings (SSSR count). The number of benzene rings is 8. The van der Waals surface area contributed by atoms with Crippen LogP contribution >= 0.6 is 0 Å². The fourth-order valence-corrected chi connectivity index (χ4v) is 7.55. The summed E-state index contributed by atoms with van der Waals surface area (Å²) in [5.74, 6) is 0.732. The second kappa shape index (κ2) is 10.6. The quantitative estimate of drug-likeness (QED) is 0.186. The molecule has 48 heavy (non-hydrogen) atoms. The SMILES string of the molecule is c1ccc(-c2nc(-c3ccccc3)c3ccc4ccc(-c5cccc(-c6ccc7c8c(cccc68)-c6ccccc6-7)c5)cc4c3n2)cc1. The van der Waals surface area contributed by atoms with E-state index in [2.05, 4.69) is 146 Å². The zero-order chi connectivity index (χ0) is 31.6. The molecule has 8 aromatic carbocycles. The number of hydrogen-bond donors (Lipinski definition) is 0. The highest BCUT2D eigenvalue weighted by atomic mass is 14.9. The first-order chi connectivity index (χ1) is 23.8. The summed E-state index contributed by atoms with van der Waals surface area (Å²) in [5.41, 5.74) is 14.1. The van der Waals surface area contributed by atoms with Gasteiger partial charge in [0, 0.05) is 21.9 Å². The van der Waals surface area contributed by atoms with Crippen LogP contribution < -0.4 is 0 Å². The second-order valence-electron chi connectivity index (χ2n) is 12.5. The fourth-order valence-electron chi connectivity index (χ4n) is 7.55. The average Bonchev–Trinajstić information content (AvgIpc) is 3.50. The van der Waals surface area contributed by atoms with E-state index in [9.17, 15) is 0 Å². The summed E-state index contributed by atoms with van der Waals surface area (Å²) >= 11 is 0. The lowest BCUT2D eigenvalue weighted by molar-refractivity contribution is 1.23. The van der Waals surface area contributed by atoms with Gasteiger partial charge in [-0.1, -0.05) is 152 Å². The Morgan fingerprint density at radius 3 is 1.73 bits per heavy atom. The molecule has 1 aliphatic carbocycles. The fraction of sp³-hybridized carbons (Fsp3) is 0. The van der Waals surface area contributed by atoms with E-state index >= 15 is 0 Å². The van der Waals surface area contributed by atoms with Crippen LogP contribution in [0.1, 0.15) is 0 Å². The molecule has 1 aliphatic rings. The van der Waals surface area contributed by atoms with Crippen molar-refractivity contribution in [2.45, 2.75) is 0 Å². The molecule has 222 valence electrons. The van der Waals surface area contributed by atoms with E-state index in [0.29, 0.717) is 0 Å². The molecule has 9 aromatic rings. The molecular weight excluding hydrogens is 581 g/mol. The summed E-state index contributed by atoms with van der Waals surface area (Å²) in [7, 11) is 0. The minimum Gasteiger partial charge on any atom is -0.227 e. The van der Waals surface area contributed by atoms with Crippen molar-refractivity contribution < 1.29 is 0 Å². The number of aromatic nitrogens is 2. The highest BCUT2D eigenvalue weighted by Crippen LogP contribution is 2.49. The van der Waals surface area contributed by atoms with Crippen molar-refractivity contribution in [3.8, 4) is 67.2 Å². The van der Waals surface area contributed by atoms with Crippen LogP contribution in [0.5, 0.6) is 0 Å². The highest BCUT2D eigenvalue weighted by Gasteiger charge is 2.22. The van der Waals surface area contributed by atoms with Crippen LogP contribution in [0.2, 0.25) is 0 Å². The molecular formula is C46H28N2. The molecule has 0 saturated heterocycles. The topological polar surface area (TPSA) is 25.8 Å². The van der Waals surface area contributed by atoms with Gasteiger partial charge in [0.25, 0.3) is 0 Å². The molecule has 0 saturated carbocycles. The molecule has 2 heteroatoms. The molecule has 1 aromatic heterocycles. The molecule has 2 nitrogen and oxygen atoms in total.